The van der Waals surface area contributed by atoms with Crippen LogP contribution in [0.4, 0.5) is 38.5 Å². The van der Waals surface area contributed by atoms with Crippen molar-refractivity contribution in [3.8, 4) is 56.4 Å². The molecule has 302 valence electrons. The van der Waals surface area contributed by atoms with Crippen LogP contribution in [-0.2, 0) is 0 Å². The van der Waals surface area contributed by atoms with E-state index in [1.54, 1.807) is 6.07 Å². The highest BCUT2D eigenvalue weighted by molar-refractivity contribution is 6.15. The van der Waals surface area contributed by atoms with Crippen molar-refractivity contribution in [2.45, 2.75) is 0 Å². The number of benzene rings is 10. The van der Waals surface area contributed by atoms with Crippen LogP contribution < -0.4 is 19.3 Å². The second-order valence-corrected chi connectivity index (χ2v) is 16.2. The second kappa shape index (κ2) is 14.2. The molecule has 1 aromatic heterocycles. The monoisotopic (exact) mass is 826 g/mol. The number of nitrogens with zero attached hydrogens (tertiary/aromatic N) is 2. The molecule has 0 unspecified atom stereocenters. The van der Waals surface area contributed by atoms with E-state index in [4.69, 9.17) is 13.9 Å². The number of hydrogen-bond acceptors (Lipinski definition) is 5. The Balaban J connectivity index is 0.948. The van der Waals surface area contributed by atoms with Gasteiger partial charge in [0.2, 0.25) is 0 Å². The molecule has 0 spiro atoms. The first-order chi connectivity index (χ1) is 31.6. The lowest BCUT2D eigenvalue weighted by atomic mass is 9.88. The van der Waals surface area contributed by atoms with Gasteiger partial charge in [-0.3, -0.25) is 0 Å². The maximum absolute atomic E-state index is 15.2. The van der Waals surface area contributed by atoms with Gasteiger partial charge in [0.05, 0.1) is 17.1 Å². The molecule has 0 aliphatic carbocycles. The molecule has 0 radical (unpaired) electrons. The van der Waals surface area contributed by atoms with E-state index < -0.39 is 0 Å². The quantitative estimate of drug-likeness (QED) is 0.160. The molecule has 3 heterocycles. The van der Waals surface area contributed by atoms with Crippen molar-refractivity contribution in [1.82, 2.24) is 0 Å². The van der Waals surface area contributed by atoms with Gasteiger partial charge in [0.25, 0.3) is 0 Å². The minimum absolute atomic E-state index is 0.316. The van der Waals surface area contributed by atoms with Gasteiger partial charge in [-0.15, -0.1) is 0 Å². The molecule has 10 aromatic carbocycles. The van der Waals surface area contributed by atoms with E-state index >= 15 is 4.39 Å². The Labute approximate surface area is 368 Å². The molecule has 0 fully saturated rings. The second-order valence-electron chi connectivity index (χ2n) is 16.2. The Morgan fingerprint density at radius 1 is 0.344 bits per heavy atom. The summed E-state index contributed by atoms with van der Waals surface area (Å²) >= 11 is 0. The van der Waals surface area contributed by atoms with E-state index in [1.807, 2.05) is 72.8 Å². The van der Waals surface area contributed by atoms with Crippen molar-refractivity contribution in [2.75, 3.05) is 9.80 Å². The highest BCUT2D eigenvalue weighted by atomic mass is 19.1. The third kappa shape index (κ3) is 5.63. The molecule has 6 heteroatoms. The zero-order valence-electron chi connectivity index (χ0n) is 34.2. The van der Waals surface area contributed by atoms with E-state index in [9.17, 15) is 0 Å². The van der Waals surface area contributed by atoms with Gasteiger partial charge >= 0.3 is 0 Å². The topological polar surface area (TPSA) is 38.1 Å². The molecule has 0 bridgehead atoms. The van der Waals surface area contributed by atoms with E-state index in [-0.39, 0.29) is 5.82 Å². The van der Waals surface area contributed by atoms with Crippen LogP contribution in [0.25, 0.3) is 66.1 Å². The fourth-order valence-corrected chi connectivity index (χ4v) is 9.67. The molecular formula is C58H35FN2O3. The number of furan rings is 1. The predicted octanol–water partition coefficient (Wildman–Crippen LogP) is 17.0. The van der Waals surface area contributed by atoms with Gasteiger partial charge in [-0.2, -0.15) is 0 Å². The lowest BCUT2D eigenvalue weighted by molar-refractivity contribution is 0.480. The molecule has 0 N–H and O–H groups in total. The number of hydrogen-bond donors (Lipinski definition) is 0. The highest BCUT2D eigenvalue weighted by Gasteiger charge is 2.30. The van der Waals surface area contributed by atoms with Gasteiger partial charge in [0.15, 0.2) is 5.58 Å². The first-order valence-electron chi connectivity index (χ1n) is 21.3. The highest BCUT2D eigenvalue weighted by Crippen LogP contribution is 2.57. The molecule has 11 aromatic rings. The normalized spacial score (nSPS) is 12.1. The van der Waals surface area contributed by atoms with Crippen LogP contribution in [0.2, 0.25) is 0 Å². The maximum atomic E-state index is 15.2. The molecule has 0 saturated carbocycles. The molecule has 13 rings (SSSR count). The predicted molar refractivity (Wildman–Crippen MR) is 257 cm³/mol. The molecule has 64 heavy (non-hydrogen) atoms. The summed E-state index contributed by atoms with van der Waals surface area (Å²) in [6.07, 6.45) is 0. The van der Waals surface area contributed by atoms with Crippen molar-refractivity contribution < 1.29 is 18.3 Å². The summed E-state index contributed by atoms with van der Waals surface area (Å²) in [6.45, 7) is 0. The van der Waals surface area contributed by atoms with Crippen LogP contribution in [0.15, 0.2) is 217 Å². The molecule has 5 nitrogen and oxygen atoms in total. The van der Waals surface area contributed by atoms with Gasteiger partial charge in [0, 0.05) is 67.4 Å². The van der Waals surface area contributed by atoms with Crippen LogP contribution in [0.5, 0.6) is 23.0 Å². The van der Waals surface area contributed by atoms with Crippen LogP contribution in [0.1, 0.15) is 0 Å². The Hall–Kier alpha value is -8.61. The summed E-state index contributed by atoms with van der Waals surface area (Å²) in [7, 11) is 0. The maximum Gasteiger partial charge on any atom is 0.159 e. The summed E-state index contributed by atoms with van der Waals surface area (Å²) < 4.78 is 35.6. The lowest BCUT2D eigenvalue weighted by Crippen LogP contribution is -2.12. The Morgan fingerprint density at radius 2 is 0.891 bits per heavy atom. The third-order valence-corrected chi connectivity index (χ3v) is 12.5. The van der Waals surface area contributed by atoms with Crippen LogP contribution in [0.3, 0.4) is 0 Å². The standard InChI is InChI=1S/C58H35FN2O3/c59-37-23-30-49(48(33-37)36-13-4-1-5-14-36)61(50-21-12-20-47-42-19-10-11-22-51(42)64-58(47)50)41-25-27-44-46-29-31-52-56-45(28-32-53(57(46)56)63-55(44)35-41)43-26-24-40(34-54(43)62-52)60(38-15-6-2-7-16-38)39-17-8-3-9-18-39/h1-35H. The smallest absolute Gasteiger partial charge is 0.159 e. The summed E-state index contributed by atoms with van der Waals surface area (Å²) in [4.78, 5) is 4.40. The average Bonchev–Trinajstić information content (AvgIpc) is 3.74. The minimum Gasteiger partial charge on any atom is -0.456 e. The van der Waals surface area contributed by atoms with Crippen molar-refractivity contribution in [3.05, 3.63) is 218 Å². The fourth-order valence-electron chi connectivity index (χ4n) is 9.67. The largest absolute Gasteiger partial charge is 0.456 e. The zero-order valence-corrected chi connectivity index (χ0v) is 34.2. The first kappa shape index (κ1) is 36.1. The van der Waals surface area contributed by atoms with Gasteiger partial charge in [-0.05, 0) is 120 Å². The number of anilines is 6. The van der Waals surface area contributed by atoms with Crippen molar-refractivity contribution >= 4 is 66.8 Å². The molecule has 0 saturated heterocycles. The average molecular weight is 827 g/mol. The molecule has 2 aliphatic rings. The number of rotatable bonds is 7. The van der Waals surface area contributed by atoms with Crippen molar-refractivity contribution in [2.24, 2.45) is 0 Å². The van der Waals surface area contributed by atoms with Gasteiger partial charge in [0.1, 0.15) is 34.4 Å². The van der Waals surface area contributed by atoms with Gasteiger partial charge in [-0.1, -0.05) is 97.1 Å². The van der Waals surface area contributed by atoms with E-state index in [0.29, 0.717) is 5.75 Å². The number of para-hydroxylation sites is 4. The molecule has 0 amide bonds. The molecule has 2 aliphatic heterocycles. The molecule has 0 atom stereocenters. The lowest BCUT2D eigenvalue weighted by Gasteiger charge is -2.31. The summed E-state index contributed by atoms with van der Waals surface area (Å²) in [6, 6.07) is 71.2. The first-order valence-corrected chi connectivity index (χ1v) is 21.3. The van der Waals surface area contributed by atoms with Gasteiger partial charge < -0.3 is 23.7 Å². The van der Waals surface area contributed by atoms with E-state index in [2.05, 4.69) is 137 Å². The third-order valence-electron chi connectivity index (χ3n) is 12.5. The number of fused-ring (bicyclic) bond motifs is 7. The summed E-state index contributed by atoms with van der Waals surface area (Å²) in [5, 5.41) is 4.05. The number of ether oxygens (including phenoxy) is 2. The Kier molecular flexibility index (Phi) is 8.02. The Morgan fingerprint density at radius 3 is 1.53 bits per heavy atom. The summed E-state index contributed by atoms with van der Waals surface area (Å²) in [5.74, 6) is 2.72. The SMILES string of the molecule is Fc1ccc(N(c2ccc3c(c2)Oc2ccc4c5c(ccc-3c25)Oc2cc(N(c3ccccc3)c3ccccc3)ccc2-4)c2cccc3c2oc2ccccc23)c(-c2ccccc2)c1. The molecular weight excluding hydrogens is 792 g/mol. The van der Waals surface area contributed by atoms with Crippen LogP contribution in [-0.4, -0.2) is 0 Å². The van der Waals surface area contributed by atoms with E-state index in [1.165, 1.54) is 6.07 Å². The number of halogens is 1. The van der Waals surface area contributed by atoms with Crippen LogP contribution >= 0.6 is 0 Å². The van der Waals surface area contributed by atoms with Crippen molar-refractivity contribution in [1.29, 1.82) is 0 Å². The van der Waals surface area contributed by atoms with Crippen molar-refractivity contribution in [3.63, 3.8) is 0 Å². The van der Waals surface area contributed by atoms with Crippen LogP contribution in [0, 0.1) is 5.82 Å². The zero-order chi connectivity index (χ0) is 42.3. The Bertz CT molecular complexity index is 3600. The fraction of sp³-hybridized carbons (Fsp3) is 0. The summed E-state index contributed by atoms with van der Waals surface area (Å²) in [5.41, 5.74) is 12.9. The minimum atomic E-state index is -0.316. The van der Waals surface area contributed by atoms with E-state index in [0.717, 1.165) is 117 Å². The van der Waals surface area contributed by atoms with Gasteiger partial charge in [-0.25, -0.2) is 4.39 Å².